The van der Waals surface area contributed by atoms with Crippen LogP contribution in [0.25, 0.3) is 22.3 Å². The molecule has 2 heterocycles. The highest BCUT2D eigenvalue weighted by Gasteiger charge is 2.13. The lowest BCUT2D eigenvalue weighted by atomic mass is 10.1. The molecule has 0 aliphatic rings. The molecule has 9 nitrogen and oxygen atoms in total. The highest BCUT2D eigenvalue weighted by atomic mass is 16.5. The molecule has 4 N–H and O–H groups in total. The molecular weight excluding hydrogens is 504 g/mol. The normalized spacial score (nSPS) is 11.8. The molecule has 2 aromatic heterocycles. The van der Waals surface area contributed by atoms with Gasteiger partial charge >= 0.3 is 5.97 Å². The van der Waals surface area contributed by atoms with Gasteiger partial charge in [-0.25, -0.2) is 9.97 Å². The van der Waals surface area contributed by atoms with Crippen LogP contribution in [0.4, 0.5) is 5.82 Å². The van der Waals surface area contributed by atoms with Crippen LogP contribution < -0.4 is 16.0 Å². The summed E-state index contributed by atoms with van der Waals surface area (Å²) in [6.07, 6.45) is 4.82. The zero-order chi connectivity index (χ0) is 28.2. The number of aromatic nitrogens is 3. The van der Waals surface area contributed by atoms with Crippen LogP contribution in [0.1, 0.15) is 61.5 Å². The van der Waals surface area contributed by atoms with Crippen molar-refractivity contribution in [2.45, 2.75) is 45.6 Å². The summed E-state index contributed by atoms with van der Waals surface area (Å²) in [6.45, 7) is 6.44. The van der Waals surface area contributed by atoms with E-state index in [2.05, 4.69) is 50.0 Å². The second-order valence-electron chi connectivity index (χ2n) is 9.64. The molecule has 0 radical (unpaired) electrons. The Morgan fingerprint density at radius 2 is 1.75 bits per heavy atom. The number of carbonyl (C=O) groups is 2. The standard InChI is InChI=1S/C31H38N6O3/c1-3-40-28(38)12-8-5-9-17-32-18-19-33-31(39)25-15-13-24(14-16-25)27-20-26-29(34-21-35-30(26)37-27)36-22(2)23-10-6-4-7-11-23/h4,6-7,10-11,13-16,20-22,32H,3,5,8-9,12,17-19H2,1-2H3,(H,33,39)(H2,34,35,36,37). The van der Waals surface area contributed by atoms with E-state index in [1.165, 1.54) is 5.56 Å². The van der Waals surface area contributed by atoms with Gasteiger partial charge in [-0.1, -0.05) is 48.9 Å². The molecule has 0 bridgehead atoms. The van der Waals surface area contributed by atoms with E-state index in [1.807, 2.05) is 55.5 Å². The third kappa shape index (κ3) is 8.13. The molecule has 1 unspecified atom stereocenters. The monoisotopic (exact) mass is 542 g/mol. The fourth-order valence-corrected chi connectivity index (χ4v) is 4.46. The SMILES string of the molecule is CCOC(=O)CCCCCNCCNC(=O)c1ccc(-c2cc3c(NC(C)c4ccccc4)ncnc3[nH]2)cc1. The molecular formula is C31H38N6O3. The Morgan fingerprint density at radius 1 is 0.950 bits per heavy atom. The number of fused-ring (bicyclic) bond motifs is 1. The van der Waals surface area contributed by atoms with Crippen LogP contribution in [0.5, 0.6) is 0 Å². The Kier molecular flexibility index (Phi) is 10.6. The van der Waals surface area contributed by atoms with Gasteiger partial charge in [0.1, 0.15) is 17.8 Å². The Labute approximate surface area is 235 Å². The molecule has 9 heteroatoms. The van der Waals surface area contributed by atoms with E-state index < -0.39 is 0 Å². The summed E-state index contributed by atoms with van der Waals surface area (Å²) in [5.41, 5.74) is 4.40. The van der Waals surface area contributed by atoms with Crippen molar-refractivity contribution in [2.75, 3.05) is 31.6 Å². The predicted octanol–water partition coefficient (Wildman–Crippen LogP) is 5.24. The van der Waals surface area contributed by atoms with Gasteiger partial charge in [-0.2, -0.15) is 0 Å². The van der Waals surface area contributed by atoms with E-state index in [1.54, 1.807) is 6.33 Å². The third-order valence-corrected chi connectivity index (χ3v) is 6.66. The van der Waals surface area contributed by atoms with E-state index in [0.29, 0.717) is 31.7 Å². The Bertz CT molecular complexity index is 1370. The van der Waals surface area contributed by atoms with Crippen molar-refractivity contribution in [2.24, 2.45) is 0 Å². The summed E-state index contributed by atoms with van der Waals surface area (Å²) in [6, 6.07) is 19.9. The average Bonchev–Trinajstić information content (AvgIpc) is 3.42. The number of rotatable bonds is 15. The number of nitrogens with one attached hydrogen (secondary N) is 4. The summed E-state index contributed by atoms with van der Waals surface area (Å²) >= 11 is 0. The molecule has 210 valence electrons. The molecule has 1 amide bonds. The van der Waals surface area contributed by atoms with E-state index in [-0.39, 0.29) is 17.9 Å². The smallest absolute Gasteiger partial charge is 0.305 e. The van der Waals surface area contributed by atoms with Gasteiger partial charge in [0.15, 0.2) is 0 Å². The number of aromatic amines is 1. The maximum Gasteiger partial charge on any atom is 0.305 e. The number of unbranched alkanes of at least 4 members (excludes halogenated alkanes) is 2. The van der Waals surface area contributed by atoms with E-state index in [4.69, 9.17) is 4.74 Å². The number of ether oxygens (including phenoxy) is 1. The topological polar surface area (TPSA) is 121 Å². The van der Waals surface area contributed by atoms with Crippen LogP contribution in [0.2, 0.25) is 0 Å². The third-order valence-electron chi connectivity index (χ3n) is 6.66. The molecule has 0 saturated heterocycles. The van der Waals surface area contributed by atoms with Crippen LogP contribution in [-0.2, 0) is 9.53 Å². The number of nitrogens with zero attached hydrogens (tertiary/aromatic N) is 2. The molecule has 1 atom stereocenters. The zero-order valence-corrected chi connectivity index (χ0v) is 23.2. The quantitative estimate of drug-likeness (QED) is 0.120. The highest BCUT2D eigenvalue weighted by molar-refractivity contribution is 5.95. The number of benzene rings is 2. The average molecular weight is 543 g/mol. The number of hydrogen-bond donors (Lipinski definition) is 4. The van der Waals surface area contributed by atoms with Crippen molar-refractivity contribution < 1.29 is 14.3 Å². The first-order valence-corrected chi connectivity index (χ1v) is 14.0. The number of H-pyrrole nitrogens is 1. The number of hydrogen-bond acceptors (Lipinski definition) is 7. The first-order valence-electron chi connectivity index (χ1n) is 14.0. The maximum atomic E-state index is 12.6. The van der Waals surface area contributed by atoms with Gasteiger partial charge in [0.25, 0.3) is 5.91 Å². The van der Waals surface area contributed by atoms with Gasteiger partial charge in [-0.05, 0) is 62.6 Å². The lowest BCUT2D eigenvalue weighted by molar-refractivity contribution is -0.143. The Hall–Kier alpha value is -4.24. The number of amides is 1. The number of anilines is 1. The first-order chi connectivity index (χ1) is 19.5. The highest BCUT2D eigenvalue weighted by Crippen LogP contribution is 2.29. The summed E-state index contributed by atoms with van der Waals surface area (Å²) < 4.78 is 4.93. The van der Waals surface area contributed by atoms with E-state index >= 15 is 0 Å². The lowest BCUT2D eigenvalue weighted by Gasteiger charge is -2.15. The minimum Gasteiger partial charge on any atom is -0.466 e. The molecule has 0 saturated carbocycles. The van der Waals surface area contributed by atoms with Gasteiger partial charge in [0.05, 0.1) is 12.0 Å². The van der Waals surface area contributed by atoms with Crippen molar-refractivity contribution in [3.05, 3.63) is 78.1 Å². The van der Waals surface area contributed by atoms with Gasteiger partial charge in [0.2, 0.25) is 0 Å². The van der Waals surface area contributed by atoms with Gasteiger partial charge in [-0.3, -0.25) is 9.59 Å². The first kappa shape index (κ1) is 28.8. The molecule has 40 heavy (non-hydrogen) atoms. The van der Waals surface area contributed by atoms with Crippen LogP contribution in [-0.4, -0.2) is 53.1 Å². The largest absolute Gasteiger partial charge is 0.466 e. The van der Waals surface area contributed by atoms with Gasteiger partial charge in [-0.15, -0.1) is 0 Å². The van der Waals surface area contributed by atoms with Gasteiger partial charge < -0.3 is 25.7 Å². The zero-order valence-electron chi connectivity index (χ0n) is 23.2. The molecule has 0 spiro atoms. The molecule has 4 aromatic rings. The van der Waals surface area contributed by atoms with E-state index in [0.717, 1.165) is 53.9 Å². The Morgan fingerprint density at radius 3 is 2.52 bits per heavy atom. The van der Waals surface area contributed by atoms with Crippen molar-refractivity contribution in [3.63, 3.8) is 0 Å². The van der Waals surface area contributed by atoms with Crippen molar-refractivity contribution >= 4 is 28.7 Å². The molecule has 2 aromatic carbocycles. The second kappa shape index (κ2) is 14.8. The summed E-state index contributed by atoms with van der Waals surface area (Å²) in [7, 11) is 0. The number of carbonyl (C=O) groups excluding carboxylic acids is 2. The predicted molar refractivity (Wildman–Crippen MR) is 158 cm³/mol. The minimum absolute atomic E-state index is 0.0912. The van der Waals surface area contributed by atoms with Crippen LogP contribution >= 0.6 is 0 Å². The number of esters is 1. The van der Waals surface area contributed by atoms with Crippen molar-refractivity contribution in [1.82, 2.24) is 25.6 Å². The lowest BCUT2D eigenvalue weighted by Crippen LogP contribution is -2.32. The van der Waals surface area contributed by atoms with E-state index in [9.17, 15) is 9.59 Å². The van der Waals surface area contributed by atoms with Gasteiger partial charge in [0, 0.05) is 36.8 Å². The minimum atomic E-state index is -0.127. The van der Waals surface area contributed by atoms with Crippen LogP contribution in [0.3, 0.4) is 0 Å². The molecule has 0 aliphatic carbocycles. The van der Waals surface area contributed by atoms with Crippen molar-refractivity contribution in [3.8, 4) is 11.3 Å². The fourth-order valence-electron chi connectivity index (χ4n) is 4.46. The van der Waals surface area contributed by atoms with Crippen LogP contribution in [0.15, 0.2) is 67.0 Å². The molecule has 0 fully saturated rings. The fraction of sp³-hybridized carbons (Fsp3) is 0.355. The molecule has 4 rings (SSSR count). The summed E-state index contributed by atoms with van der Waals surface area (Å²) in [5.74, 6) is 0.536. The molecule has 0 aliphatic heterocycles. The maximum absolute atomic E-state index is 12.6. The second-order valence-corrected chi connectivity index (χ2v) is 9.64. The summed E-state index contributed by atoms with van der Waals surface area (Å²) in [5, 5.41) is 10.7. The van der Waals surface area contributed by atoms with Crippen LogP contribution in [0, 0.1) is 0 Å². The Balaban J connectivity index is 1.24. The van der Waals surface area contributed by atoms with Crippen molar-refractivity contribution in [1.29, 1.82) is 0 Å². The summed E-state index contributed by atoms with van der Waals surface area (Å²) in [4.78, 5) is 36.1.